The highest BCUT2D eigenvalue weighted by Gasteiger charge is 2.18. The number of para-hydroxylation sites is 1. The van der Waals surface area contributed by atoms with Crippen LogP contribution in [0.25, 0.3) is 0 Å². The molecule has 0 saturated carbocycles. The predicted molar refractivity (Wildman–Crippen MR) is 119 cm³/mol. The van der Waals surface area contributed by atoms with E-state index in [0.717, 1.165) is 17.0 Å². The fourth-order valence-corrected chi connectivity index (χ4v) is 2.94. The monoisotopic (exact) mass is 403 g/mol. The second kappa shape index (κ2) is 9.60. The number of hydrogen-bond acceptors (Lipinski definition) is 4. The number of methoxy groups -OCH3 is 1. The fraction of sp³-hybridized carbons (Fsp3) is 0.167. The van der Waals surface area contributed by atoms with Crippen LogP contribution in [-0.4, -0.2) is 37.4 Å². The average molecular weight is 403 g/mol. The number of nitrogens with one attached hydrogen (secondary N) is 2. The minimum atomic E-state index is -0.254. The van der Waals surface area contributed by atoms with Gasteiger partial charge in [0.25, 0.3) is 5.91 Å². The van der Waals surface area contributed by atoms with E-state index in [1.165, 1.54) is 4.90 Å². The zero-order valence-electron chi connectivity index (χ0n) is 17.3. The Labute approximate surface area is 176 Å². The summed E-state index contributed by atoms with van der Waals surface area (Å²) in [6.07, 6.45) is 0. The van der Waals surface area contributed by atoms with E-state index in [1.807, 2.05) is 67.6 Å². The van der Waals surface area contributed by atoms with Gasteiger partial charge in [0, 0.05) is 18.4 Å². The maximum Gasteiger partial charge on any atom is 0.256 e. The number of aryl methyl sites for hydroxylation is 1. The van der Waals surface area contributed by atoms with Crippen molar-refractivity contribution < 1.29 is 14.3 Å². The number of amides is 2. The van der Waals surface area contributed by atoms with Gasteiger partial charge in [0.1, 0.15) is 5.75 Å². The molecule has 0 saturated heterocycles. The van der Waals surface area contributed by atoms with E-state index in [9.17, 15) is 9.59 Å². The van der Waals surface area contributed by atoms with E-state index in [1.54, 1.807) is 26.3 Å². The molecule has 3 aromatic carbocycles. The first-order valence-corrected chi connectivity index (χ1v) is 9.58. The summed E-state index contributed by atoms with van der Waals surface area (Å²) >= 11 is 0. The number of hydrogen-bond donors (Lipinski definition) is 2. The first-order valence-electron chi connectivity index (χ1n) is 9.58. The molecule has 0 atom stereocenters. The molecule has 0 bridgehead atoms. The number of benzene rings is 3. The molecular formula is C24H25N3O3. The van der Waals surface area contributed by atoms with Gasteiger partial charge in [0.2, 0.25) is 5.91 Å². The SMILES string of the molecule is COc1ccc(Nc2ccccc2C(=O)N(C)CC(=O)Nc2ccc(C)cc2)cc1. The molecule has 6 nitrogen and oxygen atoms in total. The summed E-state index contributed by atoms with van der Waals surface area (Å²) in [5.74, 6) is 0.255. The molecule has 0 radical (unpaired) electrons. The maximum absolute atomic E-state index is 13.0. The Balaban J connectivity index is 1.67. The highest BCUT2D eigenvalue weighted by molar-refractivity contribution is 6.03. The van der Waals surface area contributed by atoms with Crippen molar-refractivity contribution in [2.75, 3.05) is 31.3 Å². The van der Waals surface area contributed by atoms with E-state index < -0.39 is 0 Å². The predicted octanol–water partition coefficient (Wildman–Crippen LogP) is 4.46. The topological polar surface area (TPSA) is 70.7 Å². The molecule has 3 rings (SSSR count). The molecule has 0 spiro atoms. The summed E-state index contributed by atoms with van der Waals surface area (Å²) < 4.78 is 5.17. The Morgan fingerprint density at radius 1 is 0.900 bits per heavy atom. The van der Waals surface area contributed by atoms with Crippen LogP contribution in [0.5, 0.6) is 5.75 Å². The zero-order valence-corrected chi connectivity index (χ0v) is 17.3. The van der Waals surface area contributed by atoms with Gasteiger partial charge in [0.15, 0.2) is 0 Å². The van der Waals surface area contributed by atoms with Crippen LogP contribution in [0, 0.1) is 6.92 Å². The molecule has 0 heterocycles. The van der Waals surface area contributed by atoms with E-state index in [-0.39, 0.29) is 18.4 Å². The van der Waals surface area contributed by atoms with Gasteiger partial charge in [0.05, 0.1) is 24.9 Å². The van der Waals surface area contributed by atoms with Crippen LogP contribution in [0.1, 0.15) is 15.9 Å². The third kappa shape index (κ3) is 5.38. The van der Waals surface area contributed by atoms with Crippen molar-refractivity contribution in [3.8, 4) is 5.75 Å². The molecule has 0 aromatic heterocycles. The van der Waals surface area contributed by atoms with Gasteiger partial charge in [-0.3, -0.25) is 9.59 Å². The molecule has 154 valence electrons. The lowest BCUT2D eigenvalue weighted by Crippen LogP contribution is -2.35. The van der Waals surface area contributed by atoms with E-state index in [4.69, 9.17) is 4.74 Å². The van der Waals surface area contributed by atoms with Gasteiger partial charge in [-0.05, 0) is 55.5 Å². The molecule has 0 aliphatic heterocycles. The molecule has 6 heteroatoms. The molecule has 2 amide bonds. The molecule has 0 aliphatic carbocycles. The van der Waals surface area contributed by atoms with Crippen molar-refractivity contribution in [3.63, 3.8) is 0 Å². The Hall–Kier alpha value is -3.80. The van der Waals surface area contributed by atoms with Crippen molar-refractivity contribution in [2.24, 2.45) is 0 Å². The van der Waals surface area contributed by atoms with Crippen LogP contribution in [0.15, 0.2) is 72.8 Å². The summed E-state index contributed by atoms with van der Waals surface area (Å²) in [6.45, 7) is 1.93. The third-order valence-corrected chi connectivity index (χ3v) is 4.59. The van der Waals surface area contributed by atoms with Crippen LogP contribution in [-0.2, 0) is 4.79 Å². The second-order valence-corrected chi connectivity index (χ2v) is 6.97. The molecule has 3 aromatic rings. The van der Waals surface area contributed by atoms with Gasteiger partial charge in [-0.1, -0.05) is 29.8 Å². The van der Waals surface area contributed by atoms with Crippen molar-refractivity contribution >= 4 is 28.9 Å². The van der Waals surface area contributed by atoms with Crippen molar-refractivity contribution in [2.45, 2.75) is 6.92 Å². The summed E-state index contributed by atoms with van der Waals surface area (Å²) in [4.78, 5) is 26.7. The lowest BCUT2D eigenvalue weighted by Gasteiger charge is -2.19. The van der Waals surface area contributed by atoms with Crippen LogP contribution in [0.4, 0.5) is 17.1 Å². The Morgan fingerprint density at radius 3 is 2.20 bits per heavy atom. The molecule has 0 unspecified atom stereocenters. The van der Waals surface area contributed by atoms with E-state index >= 15 is 0 Å². The van der Waals surface area contributed by atoms with Crippen LogP contribution < -0.4 is 15.4 Å². The normalized spacial score (nSPS) is 10.2. The van der Waals surface area contributed by atoms with Crippen molar-refractivity contribution in [3.05, 3.63) is 83.9 Å². The Morgan fingerprint density at radius 2 is 1.53 bits per heavy atom. The van der Waals surface area contributed by atoms with Crippen molar-refractivity contribution in [1.29, 1.82) is 0 Å². The number of carbonyl (C=O) groups excluding carboxylic acids is 2. The van der Waals surface area contributed by atoms with E-state index in [2.05, 4.69) is 10.6 Å². The van der Waals surface area contributed by atoms with Gasteiger partial charge < -0.3 is 20.3 Å². The summed E-state index contributed by atoms with van der Waals surface area (Å²) in [5, 5.41) is 6.07. The highest BCUT2D eigenvalue weighted by Crippen LogP contribution is 2.23. The van der Waals surface area contributed by atoms with Gasteiger partial charge in [-0.15, -0.1) is 0 Å². The summed E-state index contributed by atoms with van der Waals surface area (Å²) in [6, 6.07) is 22.2. The minimum Gasteiger partial charge on any atom is -0.497 e. The molecule has 0 aliphatic rings. The molecule has 0 fully saturated rings. The summed E-state index contributed by atoms with van der Waals surface area (Å²) in [5.41, 5.74) is 3.79. The largest absolute Gasteiger partial charge is 0.497 e. The molecule has 2 N–H and O–H groups in total. The average Bonchev–Trinajstić information content (AvgIpc) is 2.75. The Kier molecular flexibility index (Phi) is 6.70. The first kappa shape index (κ1) is 20.9. The first-order chi connectivity index (χ1) is 14.5. The molecular weight excluding hydrogens is 378 g/mol. The lowest BCUT2D eigenvalue weighted by atomic mass is 10.1. The molecule has 30 heavy (non-hydrogen) atoms. The highest BCUT2D eigenvalue weighted by atomic mass is 16.5. The standard InChI is InChI=1S/C24H25N3O3/c1-17-8-10-19(11-9-17)26-23(28)16-27(2)24(29)21-6-4-5-7-22(21)25-18-12-14-20(30-3)15-13-18/h4-15,25H,16H2,1-3H3,(H,26,28). The second-order valence-electron chi connectivity index (χ2n) is 6.97. The van der Waals surface area contributed by atoms with Crippen LogP contribution in [0.2, 0.25) is 0 Å². The van der Waals surface area contributed by atoms with Gasteiger partial charge >= 0.3 is 0 Å². The number of rotatable bonds is 7. The lowest BCUT2D eigenvalue weighted by molar-refractivity contribution is -0.116. The Bertz CT molecular complexity index is 1010. The fourth-order valence-electron chi connectivity index (χ4n) is 2.94. The van der Waals surface area contributed by atoms with Gasteiger partial charge in [-0.25, -0.2) is 0 Å². The van der Waals surface area contributed by atoms with Crippen LogP contribution in [0.3, 0.4) is 0 Å². The minimum absolute atomic E-state index is 0.0520. The number of nitrogens with zero attached hydrogens (tertiary/aromatic N) is 1. The zero-order chi connectivity index (χ0) is 21.5. The smallest absolute Gasteiger partial charge is 0.256 e. The summed E-state index contributed by atoms with van der Waals surface area (Å²) in [7, 11) is 3.22. The number of anilines is 3. The quantitative estimate of drug-likeness (QED) is 0.611. The third-order valence-electron chi connectivity index (χ3n) is 4.59. The van der Waals surface area contributed by atoms with Crippen molar-refractivity contribution in [1.82, 2.24) is 4.90 Å². The van der Waals surface area contributed by atoms with Gasteiger partial charge in [-0.2, -0.15) is 0 Å². The number of likely N-dealkylation sites (N-methyl/N-ethyl adjacent to an activating group) is 1. The number of ether oxygens (including phenoxy) is 1. The van der Waals surface area contributed by atoms with Crippen LogP contribution >= 0.6 is 0 Å². The van der Waals surface area contributed by atoms with E-state index in [0.29, 0.717) is 16.9 Å². The maximum atomic E-state index is 13.0. The number of carbonyl (C=O) groups is 2.